The zero-order valence-electron chi connectivity index (χ0n) is 13.0. The Hall–Kier alpha value is -0.860. The maximum absolute atomic E-state index is 3.57. The van der Waals surface area contributed by atoms with Crippen molar-refractivity contribution in [2.45, 2.75) is 51.0 Å². The Balaban J connectivity index is 1.49. The van der Waals surface area contributed by atoms with Crippen LogP contribution in [-0.4, -0.2) is 37.6 Å². The Bertz CT molecular complexity index is 344. The van der Waals surface area contributed by atoms with Gasteiger partial charge in [-0.15, -0.1) is 0 Å². The van der Waals surface area contributed by atoms with E-state index < -0.39 is 0 Å². The molecule has 2 nitrogen and oxygen atoms in total. The van der Waals surface area contributed by atoms with E-state index in [1.165, 1.54) is 50.6 Å². The average Bonchev–Trinajstić information content (AvgIpc) is 2.52. The normalized spacial score (nSPS) is 16.7. The lowest BCUT2D eigenvalue weighted by atomic mass is 9.94. The molecule has 1 aliphatic carbocycles. The van der Waals surface area contributed by atoms with E-state index in [1.54, 1.807) is 0 Å². The highest BCUT2D eigenvalue weighted by Gasteiger charge is 2.16. The summed E-state index contributed by atoms with van der Waals surface area (Å²) in [5.41, 5.74) is 1.43. The van der Waals surface area contributed by atoms with Crippen LogP contribution < -0.4 is 5.32 Å². The number of rotatable bonds is 8. The molecule has 0 saturated heterocycles. The van der Waals surface area contributed by atoms with Gasteiger partial charge in [-0.2, -0.15) is 0 Å². The third-order valence-corrected chi connectivity index (χ3v) is 4.50. The quantitative estimate of drug-likeness (QED) is 0.730. The first-order chi connectivity index (χ1) is 9.86. The molecule has 0 aromatic heterocycles. The van der Waals surface area contributed by atoms with Crippen molar-refractivity contribution in [1.29, 1.82) is 0 Å². The molecule has 0 bridgehead atoms. The molecule has 112 valence electrons. The molecule has 0 unspecified atom stereocenters. The lowest BCUT2D eigenvalue weighted by molar-refractivity contribution is 0.189. The predicted molar refractivity (Wildman–Crippen MR) is 87.1 cm³/mol. The second-order valence-corrected chi connectivity index (χ2v) is 6.11. The Kier molecular flexibility index (Phi) is 7.10. The number of benzene rings is 1. The molecule has 2 heteroatoms. The van der Waals surface area contributed by atoms with Gasteiger partial charge in [0.1, 0.15) is 0 Å². The minimum absolute atomic E-state index is 0.855. The SMILES string of the molecule is CN(CCCNCCc1ccccc1)C1CCCCC1. The van der Waals surface area contributed by atoms with Gasteiger partial charge in [0.15, 0.2) is 0 Å². The van der Waals surface area contributed by atoms with Gasteiger partial charge in [-0.05, 0) is 57.9 Å². The Morgan fingerprint density at radius 2 is 1.80 bits per heavy atom. The van der Waals surface area contributed by atoms with E-state index in [9.17, 15) is 0 Å². The fourth-order valence-electron chi connectivity index (χ4n) is 3.16. The standard InChI is InChI=1S/C18H30N2/c1-20(18-11-6-3-7-12-18)16-8-14-19-15-13-17-9-4-2-5-10-17/h2,4-5,9-10,18-19H,3,6-8,11-16H2,1H3. The minimum Gasteiger partial charge on any atom is -0.316 e. The van der Waals surface area contributed by atoms with Crippen LogP contribution in [0.5, 0.6) is 0 Å². The number of hydrogen-bond acceptors (Lipinski definition) is 2. The van der Waals surface area contributed by atoms with Crippen molar-refractivity contribution in [2.24, 2.45) is 0 Å². The average molecular weight is 274 g/mol. The van der Waals surface area contributed by atoms with Gasteiger partial charge in [-0.25, -0.2) is 0 Å². The van der Waals surface area contributed by atoms with Gasteiger partial charge in [0.2, 0.25) is 0 Å². The van der Waals surface area contributed by atoms with Gasteiger partial charge < -0.3 is 10.2 Å². The summed E-state index contributed by atoms with van der Waals surface area (Å²) in [6, 6.07) is 11.6. The number of hydrogen-bond donors (Lipinski definition) is 1. The topological polar surface area (TPSA) is 15.3 Å². The molecule has 1 saturated carbocycles. The van der Waals surface area contributed by atoms with E-state index >= 15 is 0 Å². The Morgan fingerprint density at radius 1 is 1.05 bits per heavy atom. The summed E-state index contributed by atoms with van der Waals surface area (Å²) in [5, 5.41) is 3.57. The summed E-state index contributed by atoms with van der Waals surface area (Å²) in [4.78, 5) is 2.58. The Morgan fingerprint density at radius 3 is 2.55 bits per heavy atom. The van der Waals surface area contributed by atoms with Crippen LogP contribution in [0.15, 0.2) is 30.3 Å². The third-order valence-electron chi connectivity index (χ3n) is 4.50. The Labute approximate surface area is 124 Å². The molecule has 1 aliphatic rings. The van der Waals surface area contributed by atoms with Crippen molar-refractivity contribution >= 4 is 0 Å². The monoisotopic (exact) mass is 274 g/mol. The lowest BCUT2D eigenvalue weighted by Gasteiger charge is -2.31. The van der Waals surface area contributed by atoms with Crippen molar-refractivity contribution in [2.75, 3.05) is 26.7 Å². The van der Waals surface area contributed by atoms with Gasteiger partial charge in [-0.3, -0.25) is 0 Å². The molecule has 1 fully saturated rings. The van der Waals surface area contributed by atoms with Gasteiger partial charge in [0.05, 0.1) is 0 Å². The molecule has 0 spiro atoms. The summed E-state index contributed by atoms with van der Waals surface area (Å²) >= 11 is 0. The van der Waals surface area contributed by atoms with Crippen LogP contribution in [0.4, 0.5) is 0 Å². The van der Waals surface area contributed by atoms with Crippen molar-refractivity contribution in [1.82, 2.24) is 10.2 Å². The first kappa shape index (κ1) is 15.5. The molecule has 1 aromatic rings. The van der Waals surface area contributed by atoms with E-state index in [-0.39, 0.29) is 0 Å². The summed E-state index contributed by atoms with van der Waals surface area (Å²) in [5.74, 6) is 0. The zero-order chi connectivity index (χ0) is 14.0. The van der Waals surface area contributed by atoms with Crippen LogP contribution in [0, 0.1) is 0 Å². The predicted octanol–water partition coefficient (Wildman–Crippen LogP) is 3.47. The largest absolute Gasteiger partial charge is 0.316 e. The fraction of sp³-hybridized carbons (Fsp3) is 0.667. The summed E-state index contributed by atoms with van der Waals surface area (Å²) in [7, 11) is 2.31. The number of nitrogens with one attached hydrogen (secondary N) is 1. The van der Waals surface area contributed by atoms with Crippen molar-refractivity contribution < 1.29 is 0 Å². The maximum Gasteiger partial charge on any atom is 0.00922 e. The summed E-state index contributed by atoms with van der Waals surface area (Å²) in [6.07, 6.45) is 9.55. The van der Waals surface area contributed by atoms with Crippen LogP contribution >= 0.6 is 0 Å². The zero-order valence-corrected chi connectivity index (χ0v) is 13.0. The first-order valence-corrected chi connectivity index (χ1v) is 8.31. The highest BCUT2D eigenvalue weighted by atomic mass is 15.1. The van der Waals surface area contributed by atoms with Crippen molar-refractivity contribution in [3.63, 3.8) is 0 Å². The second kappa shape index (κ2) is 9.15. The van der Waals surface area contributed by atoms with E-state index in [0.717, 1.165) is 25.6 Å². The molecule has 1 N–H and O–H groups in total. The van der Waals surface area contributed by atoms with Crippen LogP contribution in [0.2, 0.25) is 0 Å². The summed E-state index contributed by atoms with van der Waals surface area (Å²) < 4.78 is 0. The molecule has 0 heterocycles. The van der Waals surface area contributed by atoms with Crippen LogP contribution in [0.25, 0.3) is 0 Å². The van der Waals surface area contributed by atoms with Crippen LogP contribution in [-0.2, 0) is 6.42 Å². The van der Waals surface area contributed by atoms with Crippen molar-refractivity contribution in [3.05, 3.63) is 35.9 Å². The van der Waals surface area contributed by atoms with E-state index in [2.05, 4.69) is 47.6 Å². The molecule has 0 radical (unpaired) electrons. The second-order valence-electron chi connectivity index (χ2n) is 6.11. The number of nitrogens with zero attached hydrogens (tertiary/aromatic N) is 1. The van der Waals surface area contributed by atoms with E-state index in [0.29, 0.717) is 0 Å². The third kappa shape index (κ3) is 5.64. The first-order valence-electron chi connectivity index (χ1n) is 8.31. The fourth-order valence-corrected chi connectivity index (χ4v) is 3.16. The molecule has 0 atom stereocenters. The van der Waals surface area contributed by atoms with Gasteiger partial charge in [-0.1, -0.05) is 49.6 Å². The molecule has 0 aliphatic heterocycles. The molecule has 1 aromatic carbocycles. The van der Waals surface area contributed by atoms with Gasteiger partial charge in [0.25, 0.3) is 0 Å². The smallest absolute Gasteiger partial charge is 0.00922 e. The lowest BCUT2D eigenvalue weighted by Crippen LogP contribution is -2.35. The van der Waals surface area contributed by atoms with Crippen LogP contribution in [0.1, 0.15) is 44.1 Å². The molecule has 20 heavy (non-hydrogen) atoms. The summed E-state index contributed by atoms with van der Waals surface area (Å²) in [6.45, 7) is 3.48. The van der Waals surface area contributed by atoms with Gasteiger partial charge >= 0.3 is 0 Å². The maximum atomic E-state index is 3.57. The minimum atomic E-state index is 0.855. The van der Waals surface area contributed by atoms with Crippen LogP contribution in [0.3, 0.4) is 0 Å². The molecular weight excluding hydrogens is 244 g/mol. The highest BCUT2D eigenvalue weighted by molar-refractivity contribution is 5.14. The van der Waals surface area contributed by atoms with E-state index in [4.69, 9.17) is 0 Å². The molecular formula is C18H30N2. The van der Waals surface area contributed by atoms with Gasteiger partial charge in [0, 0.05) is 6.04 Å². The van der Waals surface area contributed by atoms with E-state index in [1.807, 2.05) is 0 Å². The molecule has 2 rings (SSSR count). The molecule has 0 amide bonds. The van der Waals surface area contributed by atoms with Crippen molar-refractivity contribution in [3.8, 4) is 0 Å². The highest BCUT2D eigenvalue weighted by Crippen LogP contribution is 2.21.